The van der Waals surface area contributed by atoms with E-state index in [1.807, 2.05) is 0 Å². The number of nitrogens with one attached hydrogen (secondary N) is 1. The fourth-order valence-electron chi connectivity index (χ4n) is 4.12. The van der Waals surface area contributed by atoms with Crippen LogP contribution in [-0.2, 0) is 28.5 Å². The Hall–Kier alpha value is -2.38. The van der Waals surface area contributed by atoms with Crippen LogP contribution in [0.5, 0.6) is 0 Å². The lowest BCUT2D eigenvalue weighted by Crippen LogP contribution is -2.58. The van der Waals surface area contributed by atoms with Crippen LogP contribution in [0.1, 0.15) is 41.1 Å². The Kier molecular flexibility index (Phi) is 9.54. The number of ether oxygens (including phenoxy) is 1. The zero-order valence-electron chi connectivity index (χ0n) is 18.1. The van der Waals surface area contributed by atoms with Crippen molar-refractivity contribution in [2.24, 2.45) is 5.84 Å². The maximum absolute atomic E-state index is 13.2. The number of carboxylic acid groups (broad SMARTS) is 1. The van der Waals surface area contributed by atoms with E-state index in [4.69, 9.17) is 10.6 Å². The lowest BCUT2D eigenvalue weighted by Gasteiger charge is -2.43. The maximum Gasteiger partial charge on any atom is 0.416 e. The summed E-state index contributed by atoms with van der Waals surface area (Å²) in [4.78, 5) is 13.3. The van der Waals surface area contributed by atoms with Gasteiger partial charge in [-0.2, -0.15) is 26.3 Å². The second kappa shape index (κ2) is 11.6. The van der Waals surface area contributed by atoms with Crippen LogP contribution >= 0.6 is 12.4 Å². The van der Waals surface area contributed by atoms with Gasteiger partial charge in [0.15, 0.2) is 6.17 Å². The van der Waals surface area contributed by atoms with Crippen molar-refractivity contribution >= 4 is 18.4 Å². The standard InChI is InChI=1S/C22H23F6N3O3.ClH/c23-21(24,25)15-9-13(10-16(11-15)22(26,27)28)12-34-17-7-4-8-31(19(30-29)20(32)33)18(17)14-5-2-1-3-6-14;/h1-3,5-6,9-11,17-19,30H,4,7-8,12,29H2,(H,32,33);1H/t17-,18-,19?;/m0./s1. The van der Waals surface area contributed by atoms with Gasteiger partial charge in [0, 0.05) is 6.54 Å². The second-order valence-corrected chi connectivity index (χ2v) is 7.91. The van der Waals surface area contributed by atoms with Gasteiger partial charge in [-0.15, -0.1) is 12.4 Å². The zero-order valence-corrected chi connectivity index (χ0v) is 19.0. The van der Waals surface area contributed by atoms with Crippen molar-refractivity contribution in [2.45, 2.75) is 50.1 Å². The van der Waals surface area contributed by atoms with Gasteiger partial charge < -0.3 is 9.84 Å². The fourth-order valence-corrected chi connectivity index (χ4v) is 4.12. The van der Waals surface area contributed by atoms with Gasteiger partial charge in [-0.05, 0) is 42.2 Å². The number of benzene rings is 2. The molecule has 194 valence electrons. The summed E-state index contributed by atoms with van der Waals surface area (Å²) in [5.74, 6) is 4.20. The molecule has 0 spiro atoms. The molecule has 1 heterocycles. The molecular weight excluding hydrogens is 504 g/mol. The Balaban J connectivity index is 0.00000432. The van der Waals surface area contributed by atoms with E-state index in [2.05, 4.69) is 5.43 Å². The molecule has 1 saturated heterocycles. The second-order valence-electron chi connectivity index (χ2n) is 7.91. The van der Waals surface area contributed by atoms with E-state index >= 15 is 0 Å². The van der Waals surface area contributed by atoms with Gasteiger partial charge in [-0.25, -0.2) is 10.2 Å². The summed E-state index contributed by atoms with van der Waals surface area (Å²) >= 11 is 0. The minimum Gasteiger partial charge on any atom is -0.479 e. The van der Waals surface area contributed by atoms with Gasteiger partial charge in [-0.3, -0.25) is 10.7 Å². The van der Waals surface area contributed by atoms with Crippen LogP contribution in [0.25, 0.3) is 0 Å². The smallest absolute Gasteiger partial charge is 0.416 e. The molecule has 0 aromatic heterocycles. The quantitative estimate of drug-likeness (QED) is 0.274. The van der Waals surface area contributed by atoms with E-state index in [0.29, 0.717) is 37.1 Å². The topological polar surface area (TPSA) is 87.8 Å². The summed E-state index contributed by atoms with van der Waals surface area (Å²) < 4.78 is 84.9. The maximum atomic E-state index is 13.2. The molecule has 1 unspecified atom stereocenters. The first-order chi connectivity index (χ1) is 15.9. The molecule has 2 aromatic carbocycles. The van der Waals surface area contributed by atoms with Crippen molar-refractivity contribution in [3.63, 3.8) is 0 Å². The van der Waals surface area contributed by atoms with Crippen molar-refractivity contribution < 1.29 is 41.0 Å². The molecule has 1 aliphatic rings. The number of carboxylic acids is 1. The first kappa shape index (κ1) is 28.9. The molecule has 2 aromatic rings. The van der Waals surface area contributed by atoms with Crippen molar-refractivity contribution in [2.75, 3.05) is 6.54 Å². The predicted octanol–water partition coefficient (Wildman–Crippen LogP) is 4.74. The van der Waals surface area contributed by atoms with Gasteiger partial charge in [-0.1, -0.05) is 30.3 Å². The van der Waals surface area contributed by atoms with Crippen LogP contribution in [0.2, 0.25) is 0 Å². The van der Waals surface area contributed by atoms with E-state index in [0.717, 1.165) is 0 Å². The molecule has 4 N–H and O–H groups in total. The average Bonchev–Trinajstić information content (AvgIpc) is 2.77. The molecule has 6 nitrogen and oxygen atoms in total. The SMILES string of the molecule is Cl.NNC(C(=O)O)N1CCC[C@H](OCc2cc(C(F)(F)F)cc(C(F)(F)F)c2)[C@@H]1c1ccccc1. The van der Waals surface area contributed by atoms with Crippen molar-refractivity contribution in [3.8, 4) is 0 Å². The number of aliphatic carboxylic acids is 1. The van der Waals surface area contributed by atoms with Crippen molar-refractivity contribution in [1.29, 1.82) is 0 Å². The number of hydrogen-bond acceptors (Lipinski definition) is 5. The highest BCUT2D eigenvalue weighted by Gasteiger charge is 2.40. The van der Waals surface area contributed by atoms with Crippen LogP contribution in [0.15, 0.2) is 48.5 Å². The van der Waals surface area contributed by atoms with E-state index in [9.17, 15) is 36.2 Å². The number of alkyl halides is 6. The summed E-state index contributed by atoms with van der Waals surface area (Å²) in [6.07, 6.45) is -11.0. The van der Waals surface area contributed by atoms with Crippen LogP contribution in [-0.4, -0.2) is 34.8 Å². The highest BCUT2D eigenvalue weighted by atomic mass is 35.5. The average molecular weight is 528 g/mol. The lowest BCUT2D eigenvalue weighted by molar-refractivity contribution is -0.150. The minimum absolute atomic E-state index is 0. The number of hydrazine groups is 1. The summed E-state index contributed by atoms with van der Waals surface area (Å²) in [6.45, 7) is -0.189. The molecule has 3 atom stereocenters. The normalized spacial score (nSPS) is 20.2. The first-order valence-corrected chi connectivity index (χ1v) is 10.3. The third kappa shape index (κ3) is 7.07. The number of halogens is 7. The molecule has 13 heteroatoms. The lowest BCUT2D eigenvalue weighted by atomic mass is 9.91. The predicted molar refractivity (Wildman–Crippen MR) is 116 cm³/mol. The Morgan fingerprint density at radius 2 is 1.66 bits per heavy atom. The highest BCUT2D eigenvalue weighted by Crippen LogP contribution is 2.38. The van der Waals surface area contributed by atoms with Gasteiger partial charge in [0.25, 0.3) is 0 Å². The van der Waals surface area contributed by atoms with Gasteiger partial charge in [0.2, 0.25) is 0 Å². The Morgan fingerprint density at radius 3 is 2.14 bits per heavy atom. The van der Waals surface area contributed by atoms with Crippen molar-refractivity contribution in [3.05, 3.63) is 70.8 Å². The third-order valence-electron chi connectivity index (χ3n) is 5.59. The molecule has 3 rings (SSSR count). The van der Waals surface area contributed by atoms with Gasteiger partial charge >= 0.3 is 18.3 Å². The Morgan fingerprint density at radius 1 is 1.09 bits per heavy atom. The number of likely N-dealkylation sites (tertiary alicyclic amines) is 1. The Labute approximate surface area is 203 Å². The van der Waals surface area contributed by atoms with E-state index in [1.165, 1.54) is 0 Å². The molecule has 0 radical (unpaired) electrons. The molecule has 0 saturated carbocycles. The number of carbonyl (C=O) groups is 1. The zero-order chi connectivity index (χ0) is 25.1. The summed E-state index contributed by atoms with van der Waals surface area (Å²) in [6, 6.07) is 9.33. The van der Waals surface area contributed by atoms with E-state index in [1.54, 1.807) is 35.2 Å². The molecule has 0 bridgehead atoms. The molecule has 0 amide bonds. The number of nitrogens with two attached hydrogens (primary N) is 1. The van der Waals surface area contributed by atoms with E-state index < -0.39 is 54.4 Å². The Bertz CT molecular complexity index is 958. The van der Waals surface area contributed by atoms with Crippen molar-refractivity contribution in [1.82, 2.24) is 10.3 Å². The monoisotopic (exact) mass is 527 g/mol. The molecular formula is C22H24ClF6N3O3. The number of nitrogens with zero attached hydrogens (tertiary/aromatic N) is 1. The summed E-state index contributed by atoms with van der Waals surface area (Å²) in [7, 11) is 0. The molecule has 1 aliphatic heterocycles. The molecule has 35 heavy (non-hydrogen) atoms. The van der Waals surface area contributed by atoms with Gasteiger partial charge in [0.1, 0.15) is 0 Å². The molecule has 0 aliphatic carbocycles. The minimum atomic E-state index is -4.97. The van der Waals surface area contributed by atoms with Crippen LogP contribution < -0.4 is 11.3 Å². The number of rotatable bonds is 7. The number of piperidine rings is 1. The van der Waals surface area contributed by atoms with E-state index in [-0.39, 0.29) is 24.0 Å². The van der Waals surface area contributed by atoms with Crippen LogP contribution in [0.4, 0.5) is 26.3 Å². The molecule has 1 fully saturated rings. The fraction of sp³-hybridized carbons (Fsp3) is 0.409. The summed E-state index contributed by atoms with van der Waals surface area (Å²) in [5, 5.41) is 9.56. The summed E-state index contributed by atoms with van der Waals surface area (Å²) in [5.41, 5.74) is -0.238. The van der Waals surface area contributed by atoms with Gasteiger partial charge in [0.05, 0.1) is 29.9 Å². The first-order valence-electron chi connectivity index (χ1n) is 10.3. The van der Waals surface area contributed by atoms with Crippen LogP contribution in [0, 0.1) is 0 Å². The largest absolute Gasteiger partial charge is 0.479 e. The number of hydrogen-bond donors (Lipinski definition) is 3. The van der Waals surface area contributed by atoms with Crippen LogP contribution in [0.3, 0.4) is 0 Å². The highest BCUT2D eigenvalue weighted by molar-refractivity contribution is 5.85. The third-order valence-corrected chi connectivity index (χ3v) is 5.59.